The largest absolute Gasteiger partial charge is 0.486 e. The molecule has 0 bridgehead atoms. The lowest BCUT2D eigenvalue weighted by Gasteiger charge is -2.23. The molecule has 168 valence electrons. The van der Waals surface area contributed by atoms with Crippen LogP contribution in [0.3, 0.4) is 0 Å². The number of nitrogens with two attached hydrogens (primary N) is 1. The quantitative estimate of drug-likeness (QED) is 0.493. The summed E-state index contributed by atoms with van der Waals surface area (Å²) in [6, 6.07) is 25.7. The van der Waals surface area contributed by atoms with Crippen molar-refractivity contribution in [2.45, 2.75) is 6.42 Å². The number of benzene rings is 3. The fourth-order valence-corrected chi connectivity index (χ4v) is 4.74. The van der Waals surface area contributed by atoms with Crippen molar-refractivity contribution in [1.29, 1.82) is 0 Å². The molecule has 0 saturated heterocycles. The molecule has 0 unspecified atom stereocenters. The number of fused-ring (bicyclic) bond motifs is 2. The molecule has 1 aromatic heterocycles. The second kappa shape index (κ2) is 8.32. The fourth-order valence-electron chi connectivity index (χ4n) is 4.74. The van der Waals surface area contributed by atoms with Crippen LogP contribution in [0.4, 0.5) is 0 Å². The Balaban J connectivity index is 1.53. The maximum absolute atomic E-state index is 13.9. The predicted octanol–water partition coefficient (Wildman–Crippen LogP) is 4.60. The summed E-state index contributed by atoms with van der Waals surface area (Å²) in [6.45, 7) is 1.27. The molecule has 3 aromatic carbocycles. The highest BCUT2D eigenvalue weighted by Gasteiger charge is 2.32. The lowest BCUT2D eigenvalue weighted by molar-refractivity contribution is 0.0958. The maximum atomic E-state index is 13.9. The minimum absolute atomic E-state index is 0.183. The van der Waals surface area contributed by atoms with Crippen LogP contribution in [0, 0.1) is 0 Å². The van der Waals surface area contributed by atoms with Gasteiger partial charge in [0.2, 0.25) is 0 Å². The molecular weight excluding hydrogens is 426 g/mol. The van der Waals surface area contributed by atoms with Crippen LogP contribution in [0.1, 0.15) is 16.1 Å². The summed E-state index contributed by atoms with van der Waals surface area (Å²) in [7, 11) is 0. The topological polar surface area (TPSA) is 79.4 Å². The molecule has 6 rings (SSSR count). The molecule has 0 spiro atoms. The number of carbonyl (C=O) groups excluding carboxylic acids is 1. The van der Waals surface area contributed by atoms with E-state index >= 15 is 0 Å². The highest BCUT2D eigenvalue weighted by molar-refractivity contribution is 6.23. The first-order valence-corrected chi connectivity index (χ1v) is 11.3. The normalized spacial score (nSPS) is 14.8. The smallest absolute Gasteiger partial charge is 0.279 e. The van der Waals surface area contributed by atoms with Gasteiger partial charge in [-0.3, -0.25) is 4.79 Å². The average molecular weight is 450 g/mol. The first kappa shape index (κ1) is 20.4. The molecule has 0 amide bonds. The van der Waals surface area contributed by atoms with Gasteiger partial charge in [0.15, 0.2) is 11.5 Å². The van der Waals surface area contributed by atoms with Crippen molar-refractivity contribution in [2.75, 3.05) is 19.8 Å². The van der Waals surface area contributed by atoms with Gasteiger partial charge >= 0.3 is 0 Å². The summed E-state index contributed by atoms with van der Waals surface area (Å²) in [4.78, 5) is 13.9. The van der Waals surface area contributed by atoms with Crippen molar-refractivity contribution in [3.05, 3.63) is 95.7 Å². The predicted molar refractivity (Wildman–Crippen MR) is 131 cm³/mol. The van der Waals surface area contributed by atoms with E-state index in [-0.39, 0.29) is 12.5 Å². The van der Waals surface area contributed by atoms with Crippen LogP contribution in [-0.2, 0) is 6.42 Å². The summed E-state index contributed by atoms with van der Waals surface area (Å²) in [5.74, 6) is 1.14. The second-order valence-electron chi connectivity index (χ2n) is 8.34. The average Bonchev–Trinajstić information content (AvgIpc) is 3.29. The van der Waals surface area contributed by atoms with Gasteiger partial charge in [-0.2, -0.15) is 9.78 Å². The number of hydrogen-bond donors (Lipinski definition) is 1. The van der Waals surface area contributed by atoms with Crippen LogP contribution < -0.4 is 15.2 Å². The van der Waals surface area contributed by atoms with Gasteiger partial charge in [0.25, 0.3) is 5.91 Å². The fraction of sp³-hybridized carbons (Fsp3) is 0.143. The zero-order valence-corrected chi connectivity index (χ0v) is 18.5. The molecule has 6 nitrogen and oxygen atoms in total. The Morgan fingerprint density at radius 2 is 1.50 bits per heavy atom. The Bertz CT molecular complexity index is 1420. The summed E-state index contributed by atoms with van der Waals surface area (Å²) in [5, 5.41) is 4.85. The minimum Gasteiger partial charge on any atom is -0.486 e. The first-order chi connectivity index (χ1) is 16.7. The molecule has 0 fully saturated rings. The molecule has 0 radical (unpaired) electrons. The lowest BCUT2D eigenvalue weighted by atomic mass is 9.89. The van der Waals surface area contributed by atoms with Crippen LogP contribution in [0.15, 0.2) is 84.4 Å². The Kier molecular flexibility index (Phi) is 5.00. The van der Waals surface area contributed by atoms with Crippen LogP contribution in [0.25, 0.3) is 28.0 Å². The zero-order valence-electron chi connectivity index (χ0n) is 18.5. The van der Waals surface area contributed by atoms with Crippen LogP contribution in [0.5, 0.6) is 11.5 Å². The number of carbonyl (C=O) groups is 1. The molecule has 0 atom stereocenters. The molecule has 2 N–H and O–H groups in total. The van der Waals surface area contributed by atoms with Gasteiger partial charge in [0.05, 0.1) is 5.69 Å². The van der Waals surface area contributed by atoms with E-state index in [1.54, 1.807) is 4.68 Å². The highest BCUT2D eigenvalue weighted by Crippen LogP contribution is 2.41. The van der Waals surface area contributed by atoms with Gasteiger partial charge in [0.1, 0.15) is 18.9 Å². The Morgan fingerprint density at radius 3 is 2.21 bits per heavy atom. The lowest BCUT2D eigenvalue weighted by Crippen LogP contribution is -2.27. The van der Waals surface area contributed by atoms with Gasteiger partial charge in [-0.15, -0.1) is 0 Å². The van der Waals surface area contributed by atoms with Gasteiger partial charge in [0, 0.05) is 29.7 Å². The van der Waals surface area contributed by atoms with Crippen molar-refractivity contribution in [2.24, 2.45) is 5.73 Å². The van der Waals surface area contributed by atoms with E-state index in [2.05, 4.69) is 12.1 Å². The van der Waals surface area contributed by atoms with Crippen molar-refractivity contribution >= 4 is 11.5 Å². The van der Waals surface area contributed by atoms with E-state index in [1.165, 1.54) is 0 Å². The number of nitrogens with zero attached hydrogens (tertiary/aromatic N) is 2. The maximum Gasteiger partial charge on any atom is 0.279 e. The van der Waals surface area contributed by atoms with E-state index < -0.39 is 0 Å². The molecule has 4 aromatic rings. The summed E-state index contributed by atoms with van der Waals surface area (Å²) >= 11 is 0. The molecule has 0 saturated carbocycles. The number of rotatable bonds is 4. The molecule has 0 aliphatic carbocycles. The van der Waals surface area contributed by atoms with Gasteiger partial charge in [-0.05, 0) is 28.8 Å². The monoisotopic (exact) mass is 449 g/mol. The number of allylic oxidation sites excluding steroid dienone is 1. The second-order valence-corrected chi connectivity index (χ2v) is 8.34. The minimum atomic E-state index is -0.183. The Hall–Kier alpha value is -4.16. The number of ether oxygens (including phenoxy) is 2. The van der Waals surface area contributed by atoms with E-state index in [0.29, 0.717) is 36.7 Å². The molecule has 3 heterocycles. The summed E-state index contributed by atoms with van der Waals surface area (Å²) in [6.07, 6.45) is 0.538. The standard InChI is InChI=1S/C28H23N3O3/c29-17-21-15-22-26(18-7-3-1-4-8-18)27(19-9-5-2-6-10-19)30-31(22)28(32)25(21)20-11-12-23-24(16-20)34-14-13-33-23/h1-12,16H,13-15,17,29H2. The van der Waals surface area contributed by atoms with Gasteiger partial charge in [-0.1, -0.05) is 66.7 Å². The zero-order chi connectivity index (χ0) is 23.1. The molecular formula is C28H23N3O3. The molecule has 2 aliphatic rings. The summed E-state index contributed by atoms with van der Waals surface area (Å²) < 4.78 is 13.0. The Labute approximate surface area is 197 Å². The van der Waals surface area contributed by atoms with Crippen LogP contribution in [-0.4, -0.2) is 35.4 Å². The third-order valence-electron chi connectivity index (χ3n) is 6.31. The van der Waals surface area contributed by atoms with E-state index in [9.17, 15) is 4.79 Å². The first-order valence-electron chi connectivity index (χ1n) is 11.3. The van der Waals surface area contributed by atoms with Crippen LogP contribution >= 0.6 is 0 Å². The molecule has 34 heavy (non-hydrogen) atoms. The number of hydrogen-bond acceptors (Lipinski definition) is 5. The van der Waals surface area contributed by atoms with Crippen LogP contribution in [0.2, 0.25) is 0 Å². The molecule has 6 heteroatoms. The summed E-state index contributed by atoms with van der Waals surface area (Å²) in [5.41, 5.74) is 13.0. The Morgan fingerprint density at radius 1 is 0.824 bits per heavy atom. The SMILES string of the molecule is NCC1=C(c2ccc3c(c2)OCCO3)C(=O)n2nc(-c3ccccc3)c(-c3ccccc3)c2C1. The van der Waals surface area contributed by atoms with Gasteiger partial charge in [-0.25, -0.2) is 0 Å². The van der Waals surface area contributed by atoms with Crippen molar-refractivity contribution in [1.82, 2.24) is 9.78 Å². The number of aromatic nitrogens is 2. The third kappa shape index (κ3) is 3.31. The van der Waals surface area contributed by atoms with E-state index in [0.717, 1.165) is 39.2 Å². The van der Waals surface area contributed by atoms with Crippen molar-refractivity contribution < 1.29 is 14.3 Å². The van der Waals surface area contributed by atoms with Gasteiger partial charge < -0.3 is 15.2 Å². The van der Waals surface area contributed by atoms with Crippen molar-refractivity contribution in [3.63, 3.8) is 0 Å². The third-order valence-corrected chi connectivity index (χ3v) is 6.31. The van der Waals surface area contributed by atoms with E-state index in [4.69, 9.17) is 20.3 Å². The van der Waals surface area contributed by atoms with E-state index in [1.807, 2.05) is 66.7 Å². The molecule has 2 aliphatic heterocycles. The van der Waals surface area contributed by atoms with Crippen molar-refractivity contribution in [3.8, 4) is 33.9 Å². The highest BCUT2D eigenvalue weighted by atomic mass is 16.6.